The van der Waals surface area contributed by atoms with Crippen LogP contribution < -0.4 is 0 Å². The molecule has 1 rings (SSSR count). The van der Waals surface area contributed by atoms with E-state index in [0.29, 0.717) is 0 Å². The molecule has 0 fully saturated rings. The fourth-order valence-electron chi connectivity index (χ4n) is 1.45. The van der Waals surface area contributed by atoms with Crippen molar-refractivity contribution in [1.82, 2.24) is 0 Å². The Morgan fingerprint density at radius 3 is 2.21 bits per heavy atom. The van der Waals surface area contributed by atoms with E-state index < -0.39 is 8.32 Å². The zero-order chi connectivity index (χ0) is 14.5. The first-order chi connectivity index (χ1) is 8.76. The van der Waals surface area contributed by atoms with E-state index in [-0.39, 0.29) is 11.1 Å². The van der Waals surface area contributed by atoms with Crippen LogP contribution in [0.2, 0.25) is 18.1 Å². The molecular weight excluding hydrogens is 248 g/mol. The first kappa shape index (κ1) is 15.9. The second kappa shape index (κ2) is 6.35. The summed E-state index contributed by atoms with van der Waals surface area (Å²) < 4.78 is 6.31. The fraction of sp³-hybridized carbons (Fsp3) is 0.412. The Kier molecular flexibility index (Phi) is 5.33. The summed E-state index contributed by atoms with van der Waals surface area (Å²) in [5, 5.41) is 0.217. The van der Waals surface area contributed by atoms with Gasteiger partial charge in [-0.05, 0) is 23.7 Å². The molecule has 0 saturated carbocycles. The number of benzene rings is 1. The SMILES string of the molecule is C=CC(/C=C/c1ccccc1)O[Si](C)(C)C(C)(C)C. The van der Waals surface area contributed by atoms with E-state index in [4.69, 9.17) is 4.43 Å². The fourth-order valence-corrected chi connectivity index (χ4v) is 2.66. The molecule has 19 heavy (non-hydrogen) atoms. The molecule has 2 heteroatoms. The molecule has 0 radical (unpaired) electrons. The van der Waals surface area contributed by atoms with E-state index in [1.165, 1.54) is 5.56 Å². The topological polar surface area (TPSA) is 9.23 Å². The van der Waals surface area contributed by atoms with Gasteiger partial charge < -0.3 is 4.43 Å². The van der Waals surface area contributed by atoms with Gasteiger partial charge in [-0.2, -0.15) is 0 Å². The third-order valence-corrected chi connectivity index (χ3v) is 8.22. The van der Waals surface area contributed by atoms with Gasteiger partial charge in [0.15, 0.2) is 8.32 Å². The molecule has 1 atom stereocenters. The van der Waals surface area contributed by atoms with Crippen LogP contribution in [0.15, 0.2) is 49.1 Å². The second-order valence-electron chi connectivity index (χ2n) is 6.35. The summed E-state index contributed by atoms with van der Waals surface area (Å²) in [6.45, 7) is 15.2. The Morgan fingerprint density at radius 1 is 1.16 bits per heavy atom. The first-order valence-electron chi connectivity index (χ1n) is 6.80. The summed E-state index contributed by atoms with van der Waals surface area (Å²) in [6, 6.07) is 10.3. The lowest BCUT2D eigenvalue weighted by Gasteiger charge is -2.38. The van der Waals surface area contributed by atoms with E-state index in [0.717, 1.165) is 0 Å². The van der Waals surface area contributed by atoms with Crippen LogP contribution in [0.25, 0.3) is 6.08 Å². The number of hydrogen-bond acceptors (Lipinski definition) is 1. The molecule has 0 aliphatic heterocycles. The van der Waals surface area contributed by atoms with Gasteiger partial charge in [-0.15, -0.1) is 6.58 Å². The molecule has 1 aromatic rings. The van der Waals surface area contributed by atoms with Crippen LogP contribution in [-0.4, -0.2) is 14.4 Å². The summed E-state index contributed by atoms with van der Waals surface area (Å²) in [5.41, 5.74) is 1.19. The predicted octanol–water partition coefficient (Wildman–Crippen LogP) is 5.28. The molecule has 104 valence electrons. The van der Waals surface area contributed by atoms with Crippen LogP contribution in [0.3, 0.4) is 0 Å². The second-order valence-corrected chi connectivity index (χ2v) is 11.1. The predicted molar refractivity (Wildman–Crippen MR) is 87.7 cm³/mol. The van der Waals surface area contributed by atoms with Crippen LogP contribution in [0, 0.1) is 0 Å². The summed E-state index contributed by atoms with van der Waals surface area (Å²) >= 11 is 0. The molecule has 0 saturated heterocycles. The summed E-state index contributed by atoms with van der Waals surface area (Å²) in [7, 11) is -1.75. The Labute approximate surface area is 119 Å². The van der Waals surface area contributed by atoms with Gasteiger partial charge in [-0.25, -0.2) is 0 Å². The van der Waals surface area contributed by atoms with Crippen molar-refractivity contribution in [3.05, 3.63) is 54.6 Å². The van der Waals surface area contributed by atoms with E-state index >= 15 is 0 Å². The van der Waals surface area contributed by atoms with E-state index in [1.807, 2.05) is 24.3 Å². The molecule has 0 spiro atoms. The normalized spacial score (nSPS) is 14.6. The van der Waals surface area contributed by atoms with Crippen LogP contribution in [0.5, 0.6) is 0 Å². The molecular formula is C17H26OSi. The summed E-state index contributed by atoms with van der Waals surface area (Å²) in [5.74, 6) is 0. The Balaban J connectivity index is 2.75. The Hall–Kier alpha value is -1.12. The molecule has 1 nitrogen and oxygen atoms in total. The van der Waals surface area contributed by atoms with Gasteiger partial charge in [-0.3, -0.25) is 0 Å². The van der Waals surface area contributed by atoms with Gasteiger partial charge in [0, 0.05) is 0 Å². The first-order valence-corrected chi connectivity index (χ1v) is 9.71. The average Bonchev–Trinajstić information content (AvgIpc) is 2.34. The minimum absolute atomic E-state index is 0.0129. The molecule has 0 aromatic heterocycles. The van der Waals surface area contributed by atoms with Crippen LogP contribution >= 0.6 is 0 Å². The van der Waals surface area contributed by atoms with Crippen molar-refractivity contribution in [2.75, 3.05) is 0 Å². The molecule has 1 unspecified atom stereocenters. The molecule has 0 aliphatic rings. The minimum atomic E-state index is -1.75. The molecule has 0 bridgehead atoms. The highest BCUT2D eigenvalue weighted by Gasteiger charge is 2.38. The van der Waals surface area contributed by atoms with Crippen molar-refractivity contribution in [3.63, 3.8) is 0 Å². The van der Waals surface area contributed by atoms with E-state index in [1.54, 1.807) is 0 Å². The van der Waals surface area contributed by atoms with Crippen LogP contribution in [-0.2, 0) is 4.43 Å². The van der Waals surface area contributed by atoms with Gasteiger partial charge in [-0.1, -0.05) is 69.3 Å². The van der Waals surface area contributed by atoms with Crippen molar-refractivity contribution < 1.29 is 4.43 Å². The van der Waals surface area contributed by atoms with Crippen LogP contribution in [0.1, 0.15) is 26.3 Å². The highest BCUT2D eigenvalue weighted by molar-refractivity contribution is 6.74. The van der Waals surface area contributed by atoms with Gasteiger partial charge in [0.1, 0.15) is 0 Å². The maximum Gasteiger partial charge on any atom is 0.193 e. The molecule has 0 heterocycles. The van der Waals surface area contributed by atoms with Crippen molar-refractivity contribution in [3.8, 4) is 0 Å². The van der Waals surface area contributed by atoms with Crippen molar-refractivity contribution >= 4 is 14.4 Å². The number of hydrogen-bond donors (Lipinski definition) is 0. The molecule has 0 aliphatic carbocycles. The van der Waals surface area contributed by atoms with E-state index in [9.17, 15) is 0 Å². The maximum absolute atomic E-state index is 6.31. The maximum atomic E-state index is 6.31. The standard InChI is InChI=1S/C17H26OSi/c1-7-16(18-19(5,6)17(2,3)4)14-13-15-11-9-8-10-12-15/h7-14,16H,1H2,2-6H3/b14-13+. The Bertz CT molecular complexity index is 426. The monoisotopic (exact) mass is 274 g/mol. The third kappa shape index (κ3) is 4.81. The van der Waals surface area contributed by atoms with Gasteiger partial charge in [0.05, 0.1) is 6.10 Å². The zero-order valence-corrected chi connectivity index (χ0v) is 13.8. The highest BCUT2D eigenvalue weighted by atomic mass is 28.4. The number of rotatable bonds is 5. The van der Waals surface area contributed by atoms with Crippen molar-refractivity contribution in [2.24, 2.45) is 0 Å². The van der Waals surface area contributed by atoms with Gasteiger partial charge in [0.25, 0.3) is 0 Å². The largest absolute Gasteiger partial charge is 0.407 e. The minimum Gasteiger partial charge on any atom is -0.407 e. The Morgan fingerprint density at radius 2 is 1.74 bits per heavy atom. The average molecular weight is 274 g/mol. The smallest absolute Gasteiger partial charge is 0.193 e. The lowest BCUT2D eigenvalue weighted by molar-refractivity contribution is 0.268. The zero-order valence-electron chi connectivity index (χ0n) is 12.8. The molecule has 0 N–H and O–H groups in total. The van der Waals surface area contributed by atoms with Gasteiger partial charge >= 0.3 is 0 Å². The van der Waals surface area contributed by atoms with Gasteiger partial charge in [0.2, 0.25) is 0 Å². The van der Waals surface area contributed by atoms with Crippen molar-refractivity contribution in [2.45, 2.75) is 45.0 Å². The van der Waals surface area contributed by atoms with E-state index in [2.05, 4.69) is 64.7 Å². The summed E-state index contributed by atoms with van der Waals surface area (Å²) in [4.78, 5) is 0. The van der Waals surface area contributed by atoms with Crippen molar-refractivity contribution in [1.29, 1.82) is 0 Å². The lowest BCUT2D eigenvalue weighted by atomic mass is 10.2. The molecule has 0 amide bonds. The summed E-state index contributed by atoms with van der Waals surface area (Å²) in [6.07, 6.45) is 6.04. The quantitative estimate of drug-likeness (QED) is 0.524. The lowest BCUT2D eigenvalue weighted by Crippen LogP contribution is -2.43. The van der Waals surface area contributed by atoms with Crippen LogP contribution in [0.4, 0.5) is 0 Å². The third-order valence-electron chi connectivity index (χ3n) is 3.75. The highest BCUT2D eigenvalue weighted by Crippen LogP contribution is 2.37. The molecule has 1 aromatic carbocycles.